The van der Waals surface area contributed by atoms with Gasteiger partial charge in [0, 0.05) is 11.6 Å². The van der Waals surface area contributed by atoms with Crippen molar-refractivity contribution in [1.82, 2.24) is 4.98 Å². The summed E-state index contributed by atoms with van der Waals surface area (Å²) < 4.78 is 5.75. The second kappa shape index (κ2) is 4.98. The summed E-state index contributed by atoms with van der Waals surface area (Å²) in [7, 11) is 0. The fourth-order valence-corrected chi connectivity index (χ4v) is 2.23. The largest absolute Gasteiger partial charge is 0.486 e. The molecule has 0 saturated carbocycles. The van der Waals surface area contributed by atoms with E-state index in [9.17, 15) is 0 Å². The predicted octanol–water partition coefficient (Wildman–Crippen LogP) is 3.21. The highest BCUT2D eigenvalue weighted by molar-refractivity contribution is 7.09. The lowest BCUT2D eigenvalue weighted by Crippen LogP contribution is -1.99. The molecule has 0 aliphatic carbocycles. The van der Waals surface area contributed by atoms with Crippen LogP contribution >= 0.6 is 11.3 Å². The van der Waals surface area contributed by atoms with Crippen LogP contribution in [0.2, 0.25) is 0 Å². The van der Waals surface area contributed by atoms with Crippen LogP contribution in [0.15, 0.2) is 23.7 Å². The molecule has 0 unspecified atom stereocenters. The summed E-state index contributed by atoms with van der Waals surface area (Å²) in [4.78, 5) is 4.17. The molecular weight excluding hydrogens is 232 g/mol. The molecular formula is C13H12N2OS. The molecule has 0 N–H and O–H groups in total. The summed E-state index contributed by atoms with van der Waals surface area (Å²) in [6, 6.07) is 5.81. The molecule has 86 valence electrons. The number of thiazole rings is 1. The summed E-state index contributed by atoms with van der Waals surface area (Å²) in [5.41, 5.74) is 2.64. The van der Waals surface area contributed by atoms with Crippen molar-refractivity contribution in [2.75, 3.05) is 0 Å². The second-order valence-corrected chi connectivity index (χ2v) is 4.74. The van der Waals surface area contributed by atoms with E-state index in [1.807, 2.05) is 31.4 Å². The third-order valence-electron chi connectivity index (χ3n) is 2.41. The van der Waals surface area contributed by atoms with Crippen LogP contribution in [0.25, 0.3) is 0 Å². The van der Waals surface area contributed by atoms with E-state index in [-0.39, 0.29) is 0 Å². The Morgan fingerprint density at radius 1 is 1.35 bits per heavy atom. The van der Waals surface area contributed by atoms with Gasteiger partial charge in [-0.25, -0.2) is 4.98 Å². The molecule has 0 radical (unpaired) electrons. The maximum Gasteiger partial charge on any atom is 0.140 e. The third kappa shape index (κ3) is 2.63. The molecule has 1 aromatic heterocycles. The maximum absolute atomic E-state index is 8.86. The minimum atomic E-state index is 0.477. The van der Waals surface area contributed by atoms with Crippen LogP contribution in [-0.4, -0.2) is 4.98 Å². The predicted molar refractivity (Wildman–Crippen MR) is 67.1 cm³/mol. The van der Waals surface area contributed by atoms with Gasteiger partial charge in [-0.1, -0.05) is 0 Å². The number of hydrogen-bond acceptors (Lipinski definition) is 4. The van der Waals surface area contributed by atoms with E-state index in [0.717, 1.165) is 21.9 Å². The number of aromatic nitrogens is 1. The summed E-state index contributed by atoms with van der Waals surface area (Å²) in [6.45, 7) is 4.38. The fraction of sp³-hybridized carbons (Fsp3) is 0.231. The Labute approximate surface area is 104 Å². The number of aryl methyl sites for hydroxylation is 2. The van der Waals surface area contributed by atoms with Gasteiger partial charge in [0.1, 0.15) is 17.4 Å². The lowest BCUT2D eigenvalue weighted by atomic mass is 10.1. The van der Waals surface area contributed by atoms with Gasteiger partial charge in [-0.2, -0.15) is 5.26 Å². The van der Waals surface area contributed by atoms with E-state index in [4.69, 9.17) is 10.00 Å². The molecule has 1 aromatic carbocycles. The molecule has 0 amide bonds. The first-order valence-corrected chi connectivity index (χ1v) is 6.11. The van der Waals surface area contributed by atoms with Gasteiger partial charge < -0.3 is 4.74 Å². The van der Waals surface area contributed by atoms with E-state index in [1.54, 1.807) is 17.5 Å². The fourth-order valence-electron chi connectivity index (χ4n) is 1.70. The molecule has 0 saturated heterocycles. The van der Waals surface area contributed by atoms with Gasteiger partial charge in [0.2, 0.25) is 0 Å². The van der Waals surface area contributed by atoms with Gasteiger partial charge in [-0.3, -0.25) is 0 Å². The Kier molecular flexibility index (Phi) is 3.40. The smallest absolute Gasteiger partial charge is 0.140 e. The monoisotopic (exact) mass is 244 g/mol. The number of ether oxygens (including phenoxy) is 1. The van der Waals surface area contributed by atoms with Crippen molar-refractivity contribution in [2.24, 2.45) is 0 Å². The van der Waals surface area contributed by atoms with Gasteiger partial charge in [-0.15, -0.1) is 11.3 Å². The van der Waals surface area contributed by atoms with Crippen LogP contribution in [0, 0.1) is 25.2 Å². The average Bonchev–Trinajstić information content (AvgIpc) is 2.80. The highest BCUT2D eigenvalue weighted by atomic mass is 32.1. The molecule has 0 atom stereocenters. The lowest BCUT2D eigenvalue weighted by Gasteiger charge is -2.11. The maximum atomic E-state index is 8.86. The van der Waals surface area contributed by atoms with Gasteiger partial charge in [0.15, 0.2) is 0 Å². The van der Waals surface area contributed by atoms with E-state index in [2.05, 4.69) is 11.1 Å². The Balaban J connectivity index is 2.19. The van der Waals surface area contributed by atoms with Crippen molar-refractivity contribution in [2.45, 2.75) is 20.5 Å². The van der Waals surface area contributed by atoms with Gasteiger partial charge in [0.05, 0.1) is 11.6 Å². The molecule has 0 spiro atoms. The summed E-state index contributed by atoms with van der Waals surface area (Å²) in [5, 5.41) is 11.7. The first-order chi connectivity index (χ1) is 8.20. The highest BCUT2D eigenvalue weighted by Crippen LogP contribution is 2.25. The molecule has 0 bridgehead atoms. The summed E-state index contributed by atoms with van der Waals surface area (Å²) in [6.07, 6.45) is 1.77. The van der Waals surface area contributed by atoms with Crippen LogP contribution < -0.4 is 4.74 Å². The summed E-state index contributed by atoms with van der Waals surface area (Å²) in [5.74, 6) is 0.846. The number of benzene rings is 1. The molecule has 0 aliphatic heterocycles. The van der Waals surface area contributed by atoms with E-state index in [1.165, 1.54) is 0 Å². The molecule has 2 aromatic rings. The zero-order chi connectivity index (χ0) is 12.3. The molecule has 1 heterocycles. The first kappa shape index (κ1) is 11.6. The Hall–Kier alpha value is -1.86. The quantitative estimate of drug-likeness (QED) is 0.832. The SMILES string of the molecule is Cc1cc(C#N)cc(C)c1OCc1nccs1. The van der Waals surface area contributed by atoms with Crippen LogP contribution in [0.1, 0.15) is 21.7 Å². The van der Waals surface area contributed by atoms with Gasteiger partial charge in [0.25, 0.3) is 0 Å². The standard InChI is InChI=1S/C13H12N2OS/c1-9-5-11(7-14)6-10(2)13(9)16-8-12-15-3-4-17-12/h3-6H,8H2,1-2H3. The molecule has 2 rings (SSSR count). The summed E-state index contributed by atoms with van der Waals surface area (Å²) >= 11 is 1.57. The molecule has 3 nitrogen and oxygen atoms in total. The van der Waals surface area contributed by atoms with Crippen LogP contribution in [-0.2, 0) is 6.61 Å². The molecule has 17 heavy (non-hydrogen) atoms. The van der Waals surface area contributed by atoms with Crippen molar-refractivity contribution >= 4 is 11.3 Å². The number of nitriles is 1. The average molecular weight is 244 g/mol. The van der Waals surface area contributed by atoms with Gasteiger partial charge in [-0.05, 0) is 37.1 Å². The molecule has 4 heteroatoms. The van der Waals surface area contributed by atoms with Crippen molar-refractivity contribution in [3.8, 4) is 11.8 Å². The Morgan fingerprint density at radius 2 is 2.06 bits per heavy atom. The van der Waals surface area contributed by atoms with Crippen molar-refractivity contribution in [3.05, 3.63) is 45.4 Å². The third-order valence-corrected chi connectivity index (χ3v) is 3.17. The van der Waals surface area contributed by atoms with Crippen LogP contribution in [0.5, 0.6) is 5.75 Å². The second-order valence-electron chi connectivity index (χ2n) is 3.77. The molecule has 0 fully saturated rings. The van der Waals surface area contributed by atoms with Crippen molar-refractivity contribution in [3.63, 3.8) is 0 Å². The Bertz CT molecular complexity index is 532. The number of rotatable bonds is 3. The van der Waals surface area contributed by atoms with Crippen LogP contribution in [0.4, 0.5) is 0 Å². The number of hydrogen-bond donors (Lipinski definition) is 0. The normalized spacial score (nSPS) is 9.94. The van der Waals surface area contributed by atoms with Crippen molar-refractivity contribution in [1.29, 1.82) is 5.26 Å². The minimum absolute atomic E-state index is 0.477. The topological polar surface area (TPSA) is 45.9 Å². The van der Waals surface area contributed by atoms with Crippen LogP contribution in [0.3, 0.4) is 0 Å². The first-order valence-electron chi connectivity index (χ1n) is 5.23. The van der Waals surface area contributed by atoms with Gasteiger partial charge >= 0.3 is 0 Å². The zero-order valence-electron chi connectivity index (χ0n) is 9.73. The highest BCUT2D eigenvalue weighted by Gasteiger charge is 2.07. The zero-order valence-corrected chi connectivity index (χ0v) is 10.5. The molecule has 0 aliphatic rings. The van der Waals surface area contributed by atoms with E-state index in [0.29, 0.717) is 12.2 Å². The van der Waals surface area contributed by atoms with E-state index >= 15 is 0 Å². The number of nitrogens with zero attached hydrogens (tertiary/aromatic N) is 2. The Morgan fingerprint density at radius 3 is 2.59 bits per heavy atom. The lowest BCUT2D eigenvalue weighted by molar-refractivity contribution is 0.301. The van der Waals surface area contributed by atoms with Crippen molar-refractivity contribution < 1.29 is 4.74 Å². The van der Waals surface area contributed by atoms with E-state index < -0.39 is 0 Å². The minimum Gasteiger partial charge on any atom is -0.486 e.